The van der Waals surface area contributed by atoms with E-state index in [9.17, 15) is 0 Å². The molecular formula is C6H36Ca3O42P6. The van der Waals surface area contributed by atoms with E-state index in [1.54, 1.807) is 0 Å². The van der Waals surface area contributed by atoms with E-state index >= 15 is 0 Å². The van der Waals surface area contributed by atoms with Gasteiger partial charge in [0.25, 0.3) is 0 Å². The van der Waals surface area contributed by atoms with E-state index in [4.69, 9.17) is 206 Å². The quantitative estimate of drug-likeness (QED) is 0.0800. The molecule has 0 spiro atoms. The summed E-state index contributed by atoms with van der Waals surface area (Å²) in [5.41, 5.74) is 0. The smallest absolute Gasteiger partial charge is 1.00 e. The number of carbonyl (C=O) groups is 6. The summed E-state index contributed by atoms with van der Waals surface area (Å²) in [4.78, 5) is 181. The van der Waals surface area contributed by atoms with Gasteiger partial charge in [0.05, 0.1) is 0 Å². The molecule has 348 valence electrons. The first-order valence-corrected chi connectivity index (χ1v) is 18.0. The van der Waals surface area contributed by atoms with Crippen molar-refractivity contribution >= 4 is 197 Å². The van der Waals surface area contributed by atoms with E-state index < -0.39 is 83.9 Å². The minimum absolute atomic E-state index is 0. The van der Waals surface area contributed by atoms with Crippen LogP contribution in [0, 0.1) is 0 Å². The van der Waals surface area contributed by atoms with Crippen molar-refractivity contribution in [3.63, 3.8) is 0 Å². The summed E-state index contributed by atoms with van der Waals surface area (Å²) in [6.45, 7) is 0. The van der Waals surface area contributed by atoms with Crippen molar-refractivity contribution in [2.75, 3.05) is 0 Å². The van der Waals surface area contributed by atoms with Crippen molar-refractivity contribution in [2.45, 2.75) is 0 Å². The summed E-state index contributed by atoms with van der Waals surface area (Å²) in [7, 11) is -27.8. The van der Waals surface area contributed by atoms with Crippen LogP contribution in [0.1, 0.15) is 8.56 Å². The third-order valence-electron chi connectivity index (χ3n) is 0. The van der Waals surface area contributed by atoms with Gasteiger partial charge in [-0.1, -0.05) is 0 Å². The molecule has 0 aliphatic carbocycles. The zero-order chi connectivity index (χ0) is 48.5. The van der Waals surface area contributed by atoms with Crippen LogP contribution in [-0.4, -0.2) is 300 Å². The van der Waals surface area contributed by atoms with Crippen LogP contribution in [0.25, 0.3) is 0 Å². The Morgan fingerprint density at radius 2 is 0.211 bits per heavy atom. The minimum atomic E-state index is -4.64. The van der Waals surface area contributed by atoms with Gasteiger partial charge in [-0.25, -0.2) is 56.2 Å². The summed E-state index contributed by atoms with van der Waals surface area (Å²) in [5, 5.41) is 83.7. The average Bonchev–Trinajstić information content (AvgIpc) is 2.55. The number of hydrogen-bond donors (Lipinski definition) is 30. The molecule has 57 heavy (non-hydrogen) atoms. The normalized spacial score (nSPS) is 8.74. The van der Waals surface area contributed by atoms with Crippen LogP contribution in [0.2, 0.25) is 0 Å². The van der Waals surface area contributed by atoms with Crippen molar-refractivity contribution in [3.8, 4) is 0 Å². The van der Waals surface area contributed by atoms with Gasteiger partial charge in [-0.2, -0.15) is 0 Å². The van der Waals surface area contributed by atoms with E-state index in [1.807, 2.05) is 0 Å². The fourth-order valence-electron chi connectivity index (χ4n) is 0. The summed E-state index contributed by atoms with van der Waals surface area (Å²) in [6, 6.07) is 0. The Balaban J connectivity index is -0.0000000159. The molecule has 42 nitrogen and oxygen atoms in total. The molecule has 0 aliphatic heterocycles. The van der Waals surface area contributed by atoms with Gasteiger partial charge >= 0.3 is 197 Å². The Hall–Kier alpha value is 0.0592. The van der Waals surface area contributed by atoms with Crippen LogP contribution in [0.5, 0.6) is 0 Å². The fraction of sp³-hybridized carbons (Fsp3) is 0. The van der Waals surface area contributed by atoms with Crippen LogP contribution in [0.15, 0.2) is 0 Å². The van der Waals surface area contributed by atoms with Gasteiger partial charge in [0.1, 0.15) is 0 Å². The van der Waals surface area contributed by atoms with Gasteiger partial charge < -0.3 is 158 Å². The molecule has 0 fully saturated rings. The fourth-order valence-corrected chi connectivity index (χ4v) is 0. The summed E-state index contributed by atoms with van der Waals surface area (Å²) in [5.74, 6) is 0. The predicted octanol–water partition coefficient (Wildman–Crippen LogP) is -4.70. The maximum Gasteiger partial charge on any atom is 2.00 e. The van der Waals surface area contributed by atoms with Gasteiger partial charge in [0, 0.05) is 0 Å². The number of carboxylic acid groups (broad SMARTS) is 12. The predicted molar refractivity (Wildman–Crippen MR) is 173 cm³/mol. The van der Waals surface area contributed by atoms with Crippen LogP contribution in [0.3, 0.4) is 0 Å². The second kappa shape index (κ2) is 58.2. The Labute approximate surface area is 407 Å². The summed E-state index contributed by atoms with van der Waals surface area (Å²) in [6.07, 6.45) is -11.0. The van der Waals surface area contributed by atoms with Gasteiger partial charge in [-0.3, -0.25) is 0 Å². The van der Waals surface area contributed by atoms with Crippen molar-refractivity contribution in [1.82, 2.24) is 0 Å². The SMILES string of the molecule is O=C(O)O.O=C(O)O.O=C(O)O.O=C(O)O.O=C(O)O.O=C(O)O.O=P(O)(O)O.O=P(O)(O)O.O=P(O)(O)O.O=P(O)(O)O.O=P(O)(O)O.O=P(O)(O)O.[Ca+2].[Ca+2].[Ca+2].[H-].[H-].[H-].[H-].[H-].[H-]. The minimum Gasteiger partial charge on any atom is -1.00 e. The molecule has 0 bridgehead atoms. The standard InChI is InChI=1S/6CH2O3.3Ca.6H3O4P.6H/c6*2-1(3)4;;;;6*1-5(2,3)4;;;;;;/h6*(H2,2,3,4);;;;6*(H3,1,2,3,4);;;;;;/q;;;;;;3*+2;;;;;;;6*-1. The third kappa shape index (κ3) is 46700000. The van der Waals surface area contributed by atoms with Crippen molar-refractivity contribution < 1.29 is 214 Å². The van der Waals surface area contributed by atoms with Gasteiger partial charge in [0.15, 0.2) is 0 Å². The molecule has 30 N–H and O–H groups in total. The maximum absolute atomic E-state index is 8.88. The van der Waals surface area contributed by atoms with Gasteiger partial charge in [-0.15, -0.1) is 0 Å². The maximum atomic E-state index is 8.88. The van der Waals surface area contributed by atoms with E-state index in [2.05, 4.69) is 0 Å². The summed E-state index contributed by atoms with van der Waals surface area (Å²) >= 11 is 0. The molecule has 0 rings (SSSR count). The second-order valence-corrected chi connectivity index (χ2v) is 10.9. The van der Waals surface area contributed by atoms with E-state index in [0.717, 1.165) is 0 Å². The number of rotatable bonds is 0. The van der Waals surface area contributed by atoms with Crippen molar-refractivity contribution in [3.05, 3.63) is 0 Å². The molecular weight excluding hydrogens is 1050 g/mol. The van der Waals surface area contributed by atoms with E-state index in [0.29, 0.717) is 0 Å². The monoisotopic (exact) mass is 1090 g/mol. The molecule has 0 heterocycles. The first kappa shape index (κ1) is 101. The van der Waals surface area contributed by atoms with E-state index in [-0.39, 0.29) is 122 Å². The Bertz CT molecular complexity index is 945. The molecule has 0 saturated heterocycles. The third-order valence-corrected chi connectivity index (χ3v) is 0. The van der Waals surface area contributed by atoms with Crippen LogP contribution in [0.4, 0.5) is 28.8 Å². The van der Waals surface area contributed by atoms with Crippen LogP contribution in [-0.2, 0) is 27.4 Å². The molecule has 0 atom stereocenters. The molecule has 0 amide bonds. The Morgan fingerprint density at radius 1 is 0.211 bits per heavy atom. The Morgan fingerprint density at radius 3 is 0.211 bits per heavy atom. The van der Waals surface area contributed by atoms with Gasteiger partial charge in [-0.05, 0) is 0 Å². The topological polar surface area (TPSA) is 812 Å². The average molecular weight is 1090 g/mol. The first-order chi connectivity index (χ1) is 22.4. The first-order valence-electron chi connectivity index (χ1n) is 8.60. The largest absolute Gasteiger partial charge is 2.00 e. The summed E-state index contributed by atoms with van der Waals surface area (Å²) < 4.78 is 53.3. The number of hydrogen-bond acceptors (Lipinski definition) is 12. The Kier molecular flexibility index (Phi) is 103. The van der Waals surface area contributed by atoms with Gasteiger partial charge in [0.2, 0.25) is 0 Å². The van der Waals surface area contributed by atoms with Crippen LogP contribution >= 0.6 is 46.9 Å². The second-order valence-electron chi connectivity index (χ2n) is 4.78. The molecule has 51 heteroatoms. The zero-order valence-electron chi connectivity index (χ0n) is 32.1. The molecule has 0 unspecified atom stereocenters. The van der Waals surface area contributed by atoms with Crippen molar-refractivity contribution in [1.29, 1.82) is 0 Å². The molecule has 0 saturated carbocycles. The molecule has 0 aliphatic rings. The molecule has 0 radical (unpaired) electrons. The van der Waals surface area contributed by atoms with E-state index in [1.165, 1.54) is 0 Å². The molecule has 0 aromatic carbocycles. The molecule has 0 aromatic rings. The van der Waals surface area contributed by atoms with Crippen molar-refractivity contribution in [2.24, 2.45) is 0 Å². The number of phosphoric acid groups is 6. The molecule has 0 aromatic heterocycles. The van der Waals surface area contributed by atoms with Crippen LogP contribution < -0.4 is 0 Å². The zero-order valence-corrected chi connectivity index (χ0v) is 38.1.